The van der Waals surface area contributed by atoms with Crippen LogP contribution in [0.5, 0.6) is 11.5 Å². The van der Waals surface area contributed by atoms with Crippen molar-refractivity contribution < 1.29 is 18.7 Å². The summed E-state index contributed by atoms with van der Waals surface area (Å²) in [6, 6.07) is 7.49. The summed E-state index contributed by atoms with van der Waals surface area (Å²) in [5.74, 6) is -0.115. The van der Waals surface area contributed by atoms with Gasteiger partial charge in [-0.2, -0.15) is 0 Å². The van der Waals surface area contributed by atoms with E-state index >= 15 is 0 Å². The number of methoxy groups -OCH3 is 2. The van der Waals surface area contributed by atoms with E-state index in [-0.39, 0.29) is 5.56 Å². The number of ether oxygens (including phenoxy) is 2. The predicted molar refractivity (Wildman–Crippen MR) is 78.5 cm³/mol. The molecule has 2 N–H and O–H groups in total. The van der Waals surface area contributed by atoms with Crippen molar-refractivity contribution in [2.24, 2.45) is 0 Å². The second-order valence-corrected chi connectivity index (χ2v) is 4.60. The van der Waals surface area contributed by atoms with Crippen molar-refractivity contribution in [2.45, 2.75) is 6.92 Å². The van der Waals surface area contributed by atoms with Crippen LogP contribution in [0.1, 0.15) is 21.5 Å². The highest BCUT2D eigenvalue weighted by Gasteiger charge is 2.18. The molecule has 0 radical (unpaired) electrons. The molecule has 0 heterocycles. The number of nitrogen functional groups attached to an aromatic ring is 1. The molecule has 0 bridgehead atoms. The molecule has 21 heavy (non-hydrogen) atoms. The van der Waals surface area contributed by atoms with Gasteiger partial charge in [-0.25, -0.2) is 4.39 Å². The molecule has 0 atom stereocenters. The minimum atomic E-state index is -0.566. The van der Waals surface area contributed by atoms with E-state index in [1.54, 1.807) is 19.1 Å². The molecule has 0 fully saturated rings. The summed E-state index contributed by atoms with van der Waals surface area (Å²) in [6.07, 6.45) is 0. The monoisotopic (exact) mass is 289 g/mol. The van der Waals surface area contributed by atoms with Crippen LogP contribution < -0.4 is 15.2 Å². The van der Waals surface area contributed by atoms with Crippen LogP contribution in [0, 0.1) is 12.7 Å². The summed E-state index contributed by atoms with van der Waals surface area (Å²) in [4.78, 5) is 12.4. The van der Waals surface area contributed by atoms with Crippen molar-refractivity contribution in [1.82, 2.24) is 0 Å². The van der Waals surface area contributed by atoms with Gasteiger partial charge in [0.1, 0.15) is 5.82 Å². The number of carbonyl (C=O) groups excluding carboxylic acids is 1. The highest BCUT2D eigenvalue weighted by molar-refractivity contribution is 6.10. The van der Waals surface area contributed by atoms with Gasteiger partial charge in [-0.05, 0) is 42.8 Å². The quantitative estimate of drug-likeness (QED) is 0.694. The summed E-state index contributed by atoms with van der Waals surface area (Å²) >= 11 is 0. The summed E-state index contributed by atoms with van der Waals surface area (Å²) in [6.45, 7) is 1.57. The Bertz CT molecular complexity index is 698. The Kier molecular flexibility index (Phi) is 4.12. The number of carbonyl (C=O) groups is 1. The fourth-order valence-corrected chi connectivity index (χ4v) is 2.10. The average Bonchev–Trinajstić information content (AvgIpc) is 2.49. The summed E-state index contributed by atoms with van der Waals surface area (Å²) in [5, 5.41) is 0. The minimum absolute atomic E-state index is 0.0558. The lowest BCUT2D eigenvalue weighted by Gasteiger charge is -2.10. The Hall–Kier alpha value is -2.56. The zero-order valence-corrected chi connectivity index (χ0v) is 12.1. The van der Waals surface area contributed by atoms with Gasteiger partial charge in [-0.1, -0.05) is 0 Å². The normalized spacial score (nSPS) is 10.3. The van der Waals surface area contributed by atoms with E-state index in [1.165, 1.54) is 32.4 Å². The number of halogens is 1. The van der Waals surface area contributed by atoms with Crippen molar-refractivity contribution in [3.63, 3.8) is 0 Å². The van der Waals surface area contributed by atoms with Crippen LogP contribution >= 0.6 is 0 Å². The van der Waals surface area contributed by atoms with Crippen LogP contribution in [0.3, 0.4) is 0 Å². The van der Waals surface area contributed by atoms with Crippen molar-refractivity contribution in [1.29, 1.82) is 0 Å². The molecule has 0 spiro atoms. The number of hydrogen-bond donors (Lipinski definition) is 1. The van der Waals surface area contributed by atoms with Crippen molar-refractivity contribution >= 4 is 11.5 Å². The molecule has 2 aromatic rings. The van der Waals surface area contributed by atoms with Crippen LogP contribution in [0.4, 0.5) is 10.1 Å². The number of aryl methyl sites for hydroxylation is 1. The third-order valence-electron chi connectivity index (χ3n) is 3.17. The maximum absolute atomic E-state index is 14.1. The number of benzene rings is 2. The van der Waals surface area contributed by atoms with Crippen LogP contribution in [0.25, 0.3) is 0 Å². The van der Waals surface area contributed by atoms with Crippen LogP contribution in [-0.2, 0) is 0 Å². The third kappa shape index (κ3) is 2.81. The Labute approximate surface area is 122 Å². The number of hydrogen-bond acceptors (Lipinski definition) is 4. The molecule has 0 saturated carbocycles. The van der Waals surface area contributed by atoms with Gasteiger partial charge in [0.2, 0.25) is 0 Å². The van der Waals surface area contributed by atoms with Gasteiger partial charge in [0, 0.05) is 11.3 Å². The van der Waals surface area contributed by atoms with E-state index in [0.29, 0.717) is 28.3 Å². The smallest absolute Gasteiger partial charge is 0.196 e. The van der Waals surface area contributed by atoms with E-state index in [1.807, 2.05) is 0 Å². The van der Waals surface area contributed by atoms with Gasteiger partial charge < -0.3 is 15.2 Å². The molecule has 2 aromatic carbocycles. The highest BCUT2D eigenvalue weighted by atomic mass is 19.1. The molecule has 0 aliphatic rings. The van der Waals surface area contributed by atoms with E-state index < -0.39 is 11.6 Å². The van der Waals surface area contributed by atoms with Crippen LogP contribution in [0.15, 0.2) is 30.3 Å². The molecule has 5 heteroatoms. The SMILES string of the molecule is COc1ccc(C(=O)c2cc(N)cc(C)c2F)cc1OC. The van der Waals surface area contributed by atoms with Crippen LogP contribution in [-0.4, -0.2) is 20.0 Å². The Morgan fingerprint density at radius 3 is 2.38 bits per heavy atom. The Morgan fingerprint density at radius 1 is 1.10 bits per heavy atom. The lowest BCUT2D eigenvalue weighted by Crippen LogP contribution is -2.07. The van der Waals surface area contributed by atoms with Crippen molar-refractivity contribution in [2.75, 3.05) is 20.0 Å². The lowest BCUT2D eigenvalue weighted by atomic mass is 9.99. The van der Waals surface area contributed by atoms with E-state index in [2.05, 4.69) is 0 Å². The summed E-state index contributed by atoms with van der Waals surface area (Å²) < 4.78 is 24.4. The van der Waals surface area contributed by atoms with Crippen molar-refractivity contribution in [3.05, 3.63) is 52.8 Å². The highest BCUT2D eigenvalue weighted by Crippen LogP contribution is 2.29. The molecule has 0 aliphatic carbocycles. The molecule has 110 valence electrons. The Morgan fingerprint density at radius 2 is 1.76 bits per heavy atom. The van der Waals surface area contributed by atoms with Gasteiger partial charge in [0.25, 0.3) is 0 Å². The summed E-state index contributed by atoms with van der Waals surface area (Å²) in [5.41, 5.74) is 6.61. The topological polar surface area (TPSA) is 61.5 Å². The van der Waals surface area contributed by atoms with Gasteiger partial charge in [0.05, 0.1) is 19.8 Å². The zero-order chi connectivity index (χ0) is 15.6. The third-order valence-corrected chi connectivity index (χ3v) is 3.17. The second-order valence-electron chi connectivity index (χ2n) is 4.60. The first-order valence-electron chi connectivity index (χ1n) is 6.30. The number of ketones is 1. The molecule has 0 saturated heterocycles. The number of rotatable bonds is 4. The molecule has 0 aliphatic heterocycles. The zero-order valence-electron chi connectivity index (χ0n) is 12.1. The summed E-state index contributed by atoms with van der Waals surface area (Å²) in [7, 11) is 2.97. The molecule has 0 unspecified atom stereocenters. The predicted octanol–water partition coefficient (Wildman–Crippen LogP) is 2.96. The molecular formula is C16H16FNO3. The average molecular weight is 289 g/mol. The molecule has 2 rings (SSSR count). The van der Waals surface area contributed by atoms with E-state index in [0.717, 1.165) is 0 Å². The largest absolute Gasteiger partial charge is 0.493 e. The standard InChI is InChI=1S/C16H16FNO3/c1-9-6-11(18)8-12(15(9)17)16(19)10-4-5-13(20-2)14(7-10)21-3/h4-8H,18H2,1-3H3. The van der Waals surface area contributed by atoms with E-state index in [4.69, 9.17) is 15.2 Å². The van der Waals surface area contributed by atoms with Gasteiger partial charge in [0.15, 0.2) is 17.3 Å². The first-order valence-corrected chi connectivity index (χ1v) is 6.30. The van der Waals surface area contributed by atoms with Gasteiger partial charge in [-0.15, -0.1) is 0 Å². The molecule has 0 amide bonds. The maximum atomic E-state index is 14.1. The fraction of sp³-hybridized carbons (Fsp3) is 0.188. The molecule has 4 nitrogen and oxygen atoms in total. The van der Waals surface area contributed by atoms with Gasteiger partial charge in [-0.3, -0.25) is 4.79 Å². The maximum Gasteiger partial charge on any atom is 0.196 e. The van der Waals surface area contributed by atoms with Crippen molar-refractivity contribution in [3.8, 4) is 11.5 Å². The number of nitrogens with two attached hydrogens (primary N) is 1. The second kappa shape index (κ2) is 5.83. The van der Waals surface area contributed by atoms with Gasteiger partial charge >= 0.3 is 0 Å². The lowest BCUT2D eigenvalue weighted by molar-refractivity contribution is 0.103. The molecule has 0 aromatic heterocycles. The minimum Gasteiger partial charge on any atom is -0.493 e. The Balaban J connectivity index is 2.50. The van der Waals surface area contributed by atoms with E-state index in [9.17, 15) is 9.18 Å². The fourth-order valence-electron chi connectivity index (χ4n) is 2.10. The number of anilines is 1. The molecular weight excluding hydrogens is 273 g/mol. The first kappa shape index (κ1) is 14.8. The first-order chi connectivity index (χ1) is 9.97. The van der Waals surface area contributed by atoms with Crippen LogP contribution in [0.2, 0.25) is 0 Å².